The lowest BCUT2D eigenvalue weighted by Crippen LogP contribution is -2.32. The number of rotatable bonds is 4. The maximum Gasteiger partial charge on any atom is 0.303 e. The van der Waals surface area contributed by atoms with Crippen LogP contribution in [0.1, 0.15) is 25.7 Å². The van der Waals surface area contributed by atoms with Gasteiger partial charge in [-0.2, -0.15) is 0 Å². The average molecular weight is 237 g/mol. The normalized spacial score (nSPS) is 27.4. The van der Waals surface area contributed by atoms with Gasteiger partial charge in [-0.05, 0) is 19.3 Å². The van der Waals surface area contributed by atoms with Crippen LogP contribution >= 0.6 is 0 Å². The Morgan fingerprint density at radius 2 is 1.76 bits per heavy atom. The van der Waals surface area contributed by atoms with Gasteiger partial charge in [0.05, 0.1) is 11.8 Å². The minimum atomic E-state index is -0.900. The van der Waals surface area contributed by atoms with Gasteiger partial charge in [0.2, 0.25) is 11.8 Å². The highest BCUT2D eigenvalue weighted by atomic mass is 16.4. The van der Waals surface area contributed by atoms with Crippen LogP contribution in [-0.4, -0.2) is 34.3 Å². The lowest BCUT2D eigenvalue weighted by Gasteiger charge is -2.14. The second-order valence-electron chi connectivity index (χ2n) is 4.48. The molecule has 2 amide bonds. The molecule has 1 N–H and O–H groups in total. The molecule has 0 saturated carbocycles. The molecule has 0 radical (unpaired) electrons. The molecule has 0 unspecified atom stereocenters. The van der Waals surface area contributed by atoms with E-state index in [-0.39, 0.29) is 36.6 Å². The largest absolute Gasteiger partial charge is 0.481 e. The first-order valence-corrected chi connectivity index (χ1v) is 5.83. The summed E-state index contributed by atoms with van der Waals surface area (Å²) in [5, 5.41) is 8.53. The van der Waals surface area contributed by atoms with Crippen molar-refractivity contribution in [2.75, 3.05) is 6.54 Å². The van der Waals surface area contributed by atoms with Crippen molar-refractivity contribution in [3.63, 3.8) is 0 Å². The van der Waals surface area contributed by atoms with Crippen LogP contribution in [0, 0.1) is 11.8 Å². The van der Waals surface area contributed by atoms with Crippen LogP contribution in [0.2, 0.25) is 0 Å². The van der Waals surface area contributed by atoms with E-state index in [0.29, 0.717) is 19.3 Å². The Morgan fingerprint density at radius 1 is 1.24 bits per heavy atom. The fourth-order valence-corrected chi connectivity index (χ4v) is 2.48. The fourth-order valence-electron chi connectivity index (χ4n) is 2.48. The number of hydrogen-bond donors (Lipinski definition) is 1. The zero-order chi connectivity index (χ0) is 12.4. The Hall–Kier alpha value is -1.65. The molecule has 0 spiro atoms. The fraction of sp³-hybridized carbons (Fsp3) is 0.583. The van der Waals surface area contributed by atoms with Gasteiger partial charge in [-0.15, -0.1) is 0 Å². The van der Waals surface area contributed by atoms with Gasteiger partial charge in [0.1, 0.15) is 0 Å². The van der Waals surface area contributed by atoms with Crippen molar-refractivity contribution in [3.05, 3.63) is 12.2 Å². The second-order valence-corrected chi connectivity index (χ2v) is 4.48. The van der Waals surface area contributed by atoms with E-state index in [1.807, 2.05) is 12.2 Å². The highest BCUT2D eigenvalue weighted by Crippen LogP contribution is 2.34. The number of hydrogen-bond acceptors (Lipinski definition) is 3. The number of carbonyl (C=O) groups excluding carboxylic acids is 2. The van der Waals surface area contributed by atoms with Crippen LogP contribution in [0.3, 0.4) is 0 Å². The van der Waals surface area contributed by atoms with Crippen LogP contribution in [0.25, 0.3) is 0 Å². The van der Waals surface area contributed by atoms with Gasteiger partial charge in [-0.1, -0.05) is 12.2 Å². The zero-order valence-corrected chi connectivity index (χ0v) is 9.46. The van der Waals surface area contributed by atoms with E-state index in [1.165, 1.54) is 4.90 Å². The van der Waals surface area contributed by atoms with Gasteiger partial charge in [0, 0.05) is 13.0 Å². The topological polar surface area (TPSA) is 74.7 Å². The van der Waals surface area contributed by atoms with E-state index in [4.69, 9.17) is 5.11 Å². The standard InChI is InChI=1S/C12H15NO4/c14-10(15)6-3-7-13-11(16)8-4-1-2-5-9(8)12(13)17/h1-2,8-9H,3-7H2,(H,14,15)/t8-,9-/m1/s1. The Labute approximate surface area is 99.1 Å². The smallest absolute Gasteiger partial charge is 0.303 e. The van der Waals surface area contributed by atoms with E-state index in [1.54, 1.807) is 0 Å². The maximum atomic E-state index is 11.9. The molecule has 92 valence electrons. The number of allylic oxidation sites excluding steroid dienone is 2. The summed E-state index contributed by atoms with van der Waals surface area (Å²) in [6, 6.07) is 0. The molecule has 1 aliphatic heterocycles. The van der Waals surface area contributed by atoms with E-state index in [0.717, 1.165) is 0 Å². The molecule has 0 aromatic rings. The molecule has 17 heavy (non-hydrogen) atoms. The number of carboxylic acid groups (broad SMARTS) is 1. The van der Waals surface area contributed by atoms with Crippen molar-refractivity contribution in [3.8, 4) is 0 Å². The Balaban J connectivity index is 1.98. The summed E-state index contributed by atoms with van der Waals surface area (Å²) in [6.07, 6.45) is 5.46. The molecule has 2 aliphatic rings. The first-order chi connectivity index (χ1) is 8.11. The molecule has 1 aliphatic carbocycles. The second kappa shape index (κ2) is 4.69. The van der Waals surface area contributed by atoms with Gasteiger partial charge in [0.15, 0.2) is 0 Å². The van der Waals surface area contributed by atoms with Crippen LogP contribution < -0.4 is 0 Å². The van der Waals surface area contributed by atoms with E-state index < -0.39 is 5.97 Å². The number of aliphatic carboxylic acids is 1. The number of fused-ring (bicyclic) bond motifs is 1. The molecule has 5 heteroatoms. The quantitative estimate of drug-likeness (QED) is 0.579. The number of carbonyl (C=O) groups is 3. The zero-order valence-electron chi connectivity index (χ0n) is 9.46. The third-order valence-electron chi connectivity index (χ3n) is 3.37. The van der Waals surface area contributed by atoms with Gasteiger partial charge in [-0.25, -0.2) is 0 Å². The van der Waals surface area contributed by atoms with Crippen LogP contribution in [-0.2, 0) is 14.4 Å². The summed E-state index contributed by atoms with van der Waals surface area (Å²) >= 11 is 0. The lowest BCUT2D eigenvalue weighted by atomic mass is 9.85. The van der Waals surface area contributed by atoms with Crippen LogP contribution in [0.4, 0.5) is 0 Å². The van der Waals surface area contributed by atoms with Gasteiger partial charge in [-0.3, -0.25) is 19.3 Å². The average Bonchev–Trinajstić information content (AvgIpc) is 2.54. The summed E-state index contributed by atoms with van der Waals surface area (Å²) in [4.78, 5) is 35.5. The van der Waals surface area contributed by atoms with Crippen molar-refractivity contribution >= 4 is 17.8 Å². The number of amides is 2. The van der Waals surface area contributed by atoms with E-state index >= 15 is 0 Å². The summed E-state index contributed by atoms with van der Waals surface area (Å²) in [6.45, 7) is 0.233. The van der Waals surface area contributed by atoms with Crippen molar-refractivity contribution < 1.29 is 19.5 Å². The first kappa shape index (κ1) is 11.8. The summed E-state index contributed by atoms with van der Waals surface area (Å²) < 4.78 is 0. The predicted octanol–water partition coefficient (Wildman–Crippen LogP) is 0.802. The van der Waals surface area contributed by atoms with E-state index in [9.17, 15) is 14.4 Å². The Kier molecular flexibility index (Phi) is 3.26. The predicted molar refractivity (Wildman–Crippen MR) is 58.9 cm³/mol. The highest BCUT2D eigenvalue weighted by molar-refractivity contribution is 6.05. The molecule has 2 rings (SSSR count). The Morgan fingerprint density at radius 3 is 2.24 bits per heavy atom. The molecule has 0 aromatic heterocycles. The summed E-state index contributed by atoms with van der Waals surface area (Å²) in [5.74, 6) is -1.58. The molecule has 0 bridgehead atoms. The van der Waals surface area contributed by atoms with Gasteiger partial charge >= 0.3 is 5.97 Å². The molecule has 1 heterocycles. The molecular weight excluding hydrogens is 222 g/mol. The third kappa shape index (κ3) is 2.23. The maximum absolute atomic E-state index is 11.9. The van der Waals surface area contributed by atoms with Gasteiger partial charge < -0.3 is 5.11 Å². The highest BCUT2D eigenvalue weighted by Gasteiger charge is 2.46. The molecule has 5 nitrogen and oxygen atoms in total. The molecular formula is C12H15NO4. The number of nitrogens with zero attached hydrogens (tertiary/aromatic N) is 1. The minimum absolute atomic E-state index is 0.00928. The monoisotopic (exact) mass is 237 g/mol. The minimum Gasteiger partial charge on any atom is -0.481 e. The third-order valence-corrected chi connectivity index (χ3v) is 3.37. The van der Waals surface area contributed by atoms with Crippen molar-refractivity contribution in [2.45, 2.75) is 25.7 Å². The SMILES string of the molecule is O=C(O)CCCN1C(=O)[C@@H]2CC=CC[C@H]2C1=O. The summed E-state index contributed by atoms with van der Waals surface area (Å²) in [5.41, 5.74) is 0. The molecule has 1 fully saturated rings. The Bertz CT molecular complexity index is 362. The summed E-state index contributed by atoms with van der Waals surface area (Å²) in [7, 11) is 0. The van der Waals surface area contributed by atoms with Crippen molar-refractivity contribution in [1.82, 2.24) is 4.90 Å². The first-order valence-electron chi connectivity index (χ1n) is 5.83. The van der Waals surface area contributed by atoms with Gasteiger partial charge in [0.25, 0.3) is 0 Å². The molecule has 1 saturated heterocycles. The number of imide groups is 1. The van der Waals surface area contributed by atoms with Crippen molar-refractivity contribution in [2.24, 2.45) is 11.8 Å². The van der Waals surface area contributed by atoms with E-state index in [2.05, 4.69) is 0 Å². The van der Waals surface area contributed by atoms with Crippen LogP contribution in [0.15, 0.2) is 12.2 Å². The van der Waals surface area contributed by atoms with Crippen LogP contribution in [0.5, 0.6) is 0 Å². The van der Waals surface area contributed by atoms with Crippen molar-refractivity contribution in [1.29, 1.82) is 0 Å². The molecule has 2 atom stereocenters. The number of carboxylic acids is 1. The number of likely N-dealkylation sites (tertiary alicyclic amines) is 1. The lowest BCUT2D eigenvalue weighted by molar-refractivity contribution is -0.142. The molecule has 0 aromatic carbocycles.